The van der Waals surface area contributed by atoms with E-state index in [0.717, 1.165) is 83.5 Å². The van der Waals surface area contributed by atoms with E-state index in [9.17, 15) is 14.4 Å². The van der Waals surface area contributed by atoms with Crippen LogP contribution in [0.5, 0.6) is 0 Å². The highest BCUT2D eigenvalue weighted by atomic mass is 16.6. The van der Waals surface area contributed by atoms with Crippen LogP contribution in [0, 0.1) is 0 Å². The molecule has 0 amide bonds. The van der Waals surface area contributed by atoms with E-state index >= 15 is 0 Å². The van der Waals surface area contributed by atoms with Crippen LogP contribution in [-0.4, -0.2) is 37.2 Å². The summed E-state index contributed by atoms with van der Waals surface area (Å²) in [6.45, 7) is 6.40. The van der Waals surface area contributed by atoms with Crippen LogP contribution in [0.4, 0.5) is 0 Å². The van der Waals surface area contributed by atoms with Gasteiger partial charge in [-0.15, -0.1) is 0 Å². The van der Waals surface area contributed by atoms with Crippen molar-refractivity contribution in [1.29, 1.82) is 0 Å². The van der Waals surface area contributed by atoms with Crippen molar-refractivity contribution < 1.29 is 28.6 Å². The number of esters is 3. The molecule has 0 saturated carbocycles. The van der Waals surface area contributed by atoms with Gasteiger partial charge in [0.25, 0.3) is 0 Å². The molecule has 0 bridgehead atoms. The van der Waals surface area contributed by atoms with Crippen molar-refractivity contribution in [3.63, 3.8) is 0 Å². The second kappa shape index (κ2) is 52.9. The van der Waals surface area contributed by atoms with E-state index in [2.05, 4.69) is 106 Å². The van der Waals surface area contributed by atoms with E-state index in [1.165, 1.54) is 109 Å². The Morgan fingerprint density at radius 2 is 0.631 bits per heavy atom. The predicted molar refractivity (Wildman–Crippen MR) is 279 cm³/mol. The Hall–Kier alpha value is -3.67. The molecule has 6 nitrogen and oxygen atoms in total. The SMILES string of the molecule is CC/C=C\C/C=C\C/C=C\C/C=C\C/C=C\C/C=C\CCC(=O)OC(COC(=O)CCCCCCCCC)COC(=O)CCCCCCCCCCC/C=C\C/C=C\CCCCCCC. The van der Waals surface area contributed by atoms with Crippen molar-refractivity contribution in [1.82, 2.24) is 0 Å². The molecule has 1 unspecified atom stereocenters. The first-order valence-corrected chi connectivity index (χ1v) is 26.7. The molecule has 65 heavy (non-hydrogen) atoms. The summed E-state index contributed by atoms with van der Waals surface area (Å²) in [5, 5.41) is 0. The highest BCUT2D eigenvalue weighted by Crippen LogP contribution is 2.14. The van der Waals surface area contributed by atoms with Gasteiger partial charge in [0.15, 0.2) is 6.10 Å². The molecule has 0 aromatic carbocycles. The lowest BCUT2D eigenvalue weighted by atomic mass is 10.1. The van der Waals surface area contributed by atoms with Crippen molar-refractivity contribution in [2.24, 2.45) is 0 Å². The first kappa shape index (κ1) is 61.3. The summed E-state index contributed by atoms with van der Waals surface area (Å²) < 4.78 is 16.7. The van der Waals surface area contributed by atoms with Crippen LogP contribution in [0.2, 0.25) is 0 Å². The van der Waals surface area contributed by atoms with Crippen LogP contribution < -0.4 is 0 Å². The summed E-state index contributed by atoms with van der Waals surface area (Å²) in [7, 11) is 0. The van der Waals surface area contributed by atoms with Gasteiger partial charge in [0.1, 0.15) is 13.2 Å². The van der Waals surface area contributed by atoms with E-state index < -0.39 is 12.1 Å². The maximum absolute atomic E-state index is 12.7. The number of hydrogen-bond donors (Lipinski definition) is 0. The molecule has 0 fully saturated rings. The first-order valence-electron chi connectivity index (χ1n) is 26.7. The Morgan fingerprint density at radius 1 is 0.323 bits per heavy atom. The Balaban J connectivity index is 4.36. The number of carbonyl (C=O) groups is 3. The standard InChI is InChI=1S/C59H98O6/c1-4-7-10-13-16-18-20-22-24-26-28-29-31-32-34-36-38-40-43-46-49-52-58(61)64-55-56(54-63-57(60)51-48-45-42-15-12-9-6-3)65-59(62)53-50-47-44-41-39-37-35-33-30-27-25-23-21-19-17-14-11-8-5-2/h8,11,17,19-20,22-23,25-26,28,30,33,37,39,44,47,56H,4-7,9-10,12-16,18,21,24,27,29,31-32,34-36,38,40-43,45-46,48-55H2,1-3H3/b11-8-,19-17-,22-20-,25-23-,28-26-,33-30-,39-37-,47-44-. The molecule has 6 heteroatoms. The van der Waals surface area contributed by atoms with Gasteiger partial charge in [-0.3, -0.25) is 14.4 Å². The Morgan fingerprint density at radius 3 is 1.00 bits per heavy atom. The van der Waals surface area contributed by atoms with E-state index in [4.69, 9.17) is 14.2 Å². The molecule has 0 aliphatic rings. The summed E-state index contributed by atoms with van der Waals surface area (Å²) in [6, 6.07) is 0. The van der Waals surface area contributed by atoms with Crippen molar-refractivity contribution in [3.8, 4) is 0 Å². The number of rotatable bonds is 47. The molecule has 0 saturated heterocycles. The third kappa shape index (κ3) is 51.2. The fraction of sp³-hybridized carbons (Fsp3) is 0.678. The molecule has 0 rings (SSSR count). The van der Waals surface area contributed by atoms with Crippen LogP contribution in [0.1, 0.15) is 239 Å². The van der Waals surface area contributed by atoms with Gasteiger partial charge in [-0.1, -0.05) is 227 Å². The molecule has 0 aromatic heterocycles. The zero-order valence-electron chi connectivity index (χ0n) is 42.2. The Kier molecular flexibility index (Phi) is 50.0. The first-order chi connectivity index (χ1) is 32.0. The van der Waals surface area contributed by atoms with Crippen LogP contribution in [0.15, 0.2) is 97.2 Å². The van der Waals surface area contributed by atoms with Gasteiger partial charge in [0, 0.05) is 19.3 Å². The summed E-state index contributed by atoms with van der Waals surface area (Å²) in [5.74, 6) is -1.01. The van der Waals surface area contributed by atoms with Gasteiger partial charge < -0.3 is 14.2 Å². The monoisotopic (exact) mass is 903 g/mol. The van der Waals surface area contributed by atoms with E-state index in [1.807, 2.05) is 12.2 Å². The molecule has 0 heterocycles. The molecule has 0 aromatic rings. The Bertz CT molecular complexity index is 1310. The maximum atomic E-state index is 12.7. The summed E-state index contributed by atoms with van der Waals surface area (Å²) >= 11 is 0. The lowest BCUT2D eigenvalue weighted by Crippen LogP contribution is -2.30. The van der Waals surface area contributed by atoms with E-state index in [-0.39, 0.29) is 31.6 Å². The zero-order chi connectivity index (χ0) is 47.2. The van der Waals surface area contributed by atoms with Crippen LogP contribution in [0.25, 0.3) is 0 Å². The zero-order valence-corrected chi connectivity index (χ0v) is 42.2. The van der Waals surface area contributed by atoms with Gasteiger partial charge >= 0.3 is 17.9 Å². The normalized spacial score (nSPS) is 12.8. The van der Waals surface area contributed by atoms with Gasteiger partial charge in [-0.2, -0.15) is 0 Å². The van der Waals surface area contributed by atoms with E-state index in [1.54, 1.807) is 0 Å². The highest BCUT2D eigenvalue weighted by Gasteiger charge is 2.19. The molecule has 370 valence electrons. The third-order valence-electron chi connectivity index (χ3n) is 11.1. The third-order valence-corrected chi connectivity index (χ3v) is 11.1. The van der Waals surface area contributed by atoms with Crippen molar-refractivity contribution in [2.45, 2.75) is 245 Å². The minimum Gasteiger partial charge on any atom is -0.462 e. The lowest BCUT2D eigenvalue weighted by molar-refractivity contribution is -0.166. The predicted octanol–water partition coefficient (Wildman–Crippen LogP) is 17.8. The fourth-order valence-corrected chi connectivity index (χ4v) is 7.09. The Labute approximate surface area is 400 Å². The van der Waals surface area contributed by atoms with Crippen molar-refractivity contribution in [3.05, 3.63) is 97.2 Å². The van der Waals surface area contributed by atoms with Gasteiger partial charge in [-0.25, -0.2) is 0 Å². The quantitative estimate of drug-likeness (QED) is 0.0262. The molecule has 1 atom stereocenters. The molecular formula is C59H98O6. The fourth-order valence-electron chi connectivity index (χ4n) is 7.09. The second-order valence-corrected chi connectivity index (χ2v) is 17.4. The lowest BCUT2D eigenvalue weighted by Gasteiger charge is -2.18. The molecule has 0 N–H and O–H groups in total. The van der Waals surface area contributed by atoms with Crippen molar-refractivity contribution in [2.75, 3.05) is 13.2 Å². The molecule has 0 aliphatic heterocycles. The smallest absolute Gasteiger partial charge is 0.306 e. The average molecular weight is 903 g/mol. The highest BCUT2D eigenvalue weighted by molar-refractivity contribution is 5.71. The van der Waals surface area contributed by atoms with Gasteiger partial charge in [0.2, 0.25) is 0 Å². The van der Waals surface area contributed by atoms with E-state index in [0.29, 0.717) is 19.3 Å². The van der Waals surface area contributed by atoms with Crippen LogP contribution in [-0.2, 0) is 28.6 Å². The van der Waals surface area contributed by atoms with Gasteiger partial charge in [0.05, 0.1) is 0 Å². The van der Waals surface area contributed by atoms with Crippen molar-refractivity contribution >= 4 is 17.9 Å². The van der Waals surface area contributed by atoms with Crippen LogP contribution in [0.3, 0.4) is 0 Å². The number of carbonyl (C=O) groups excluding carboxylic acids is 3. The summed E-state index contributed by atoms with van der Waals surface area (Å²) in [5.41, 5.74) is 0. The topological polar surface area (TPSA) is 78.9 Å². The maximum Gasteiger partial charge on any atom is 0.306 e. The second-order valence-electron chi connectivity index (χ2n) is 17.4. The summed E-state index contributed by atoms with van der Waals surface area (Å²) in [4.78, 5) is 37.8. The van der Waals surface area contributed by atoms with Gasteiger partial charge in [-0.05, 0) is 89.9 Å². The minimum absolute atomic E-state index is 0.109. The average Bonchev–Trinajstić information content (AvgIpc) is 3.30. The number of unbranched alkanes of at least 4 members (excludes halogenated alkanes) is 20. The number of allylic oxidation sites excluding steroid dienone is 16. The summed E-state index contributed by atoms with van der Waals surface area (Å²) in [6.07, 6.45) is 70.0. The number of ether oxygens (including phenoxy) is 3. The molecular weight excluding hydrogens is 805 g/mol. The molecule has 0 aliphatic carbocycles. The molecule has 0 spiro atoms. The minimum atomic E-state index is -0.817. The number of hydrogen-bond acceptors (Lipinski definition) is 6. The van der Waals surface area contributed by atoms with Crippen LogP contribution >= 0.6 is 0 Å². The largest absolute Gasteiger partial charge is 0.462 e. The molecule has 0 radical (unpaired) electrons.